The molecule has 1 N–H and O–H groups in total. The van der Waals surface area contributed by atoms with Gasteiger partial charge in [-0.1, -0.05) is 11.6 Å². The number of ether oxygens (including phenoxy) is 1. The van der Waals surface area contributed by atoms with E-state index in [1.807, 2.05) is 6.92 Å². The Hall–Kier alpha value is -1.02. The zero-order chi connectivity index (χ0) is 14.4. The summed E-state index contributed by atoms with van der Waals surface area (Å²) in [4.78, 5) is 8.28. The Morgan fingerprint density at radius 2 is 2.30 bits per heavy atom. The Balaban J connectivity index is 2.21. The van der Waals surface area contributed by atoms with E-state index in [2.05, 4.69) is 15.3 Å². The number of hydrogen-bond donors (Lipinski definition) is 1. The SMILES string of the molecule is CCOSOC1=C(c2cnc(Cl)cn2)NC(OC)CC1. The van der Waals surface area contributed by atoms with Crippen molar-refractivity contribution in [2.45, 2.75) is 26.0 Å². The van der Waals surface area contributed by atoms with Gasteiger partial charge in [0.1, 0.15) is 28.5 Å². The lowest BCUT2D eigenvalue weighted by atomic mass is 10.1. The van der Waals surface area contributed by atoms with Crippen LogP contribution in [0, 0.1) is 0 Å². The minimum atomic E-state index is -0.0769. The molecule has 0 radical (unpaired) electrons. The van der Waals surface area contributed by atoms with Crippen molar-refractivity contribution < 1.29 is 13.1 Å². The van der Waals surface area contributed by atoms with Crippen LogP contribution < -0.4 is 5.32 Å². The molecule has 1 aromatic heterocycles. The third-order valence-corrected chi connectivity index (χ3v) is 3.48. The average molecular weight is 318 g/mol. The molecule has 0 saturated heterocycles. The molecular weight excluding hydrogens is 302 g/mol. The van der Waals surface area contributed by atoms with Crippen molar-refractivity contribution in [2.24, 2.45) is 0 Å². The lowest BCUT2D eigenvalue weighted by Crippen LogP contribution is -2.34. The third kappa shape index (κ3) is 3.99. The van der Waals surface area contributed by atoms with Crippen LogP contribution in [0.2, 0.25) is 5.15 Å². The quantitative estimate of drug-likeness (QED) is 0.639. The second-order valence-electron chi connectivity index (χ2n) is 3.99. The monoisotopic (exact) mass is 317 g/mol. The van der Waals surface area contributed by atoms with Crippen molar-refractivity contribution in [3.05, 3.63) is 29.0 Å². The topological polar surface area (TPSA) is 65.5 Å². The fourth-order valence-electron chi connectivity index (χ4n) is 1.73. The molecule has 0 aromatic carbocycles. The summed E-state index contributed by atoms with van der Waals surface area (Å²) in [5, 5.41) is 3.58. The first kappa shape index (κ1) is 15.4. The molecule has 0 spiro atoms. The summed E-state index contributed by atoms with van der Waals surface area (Å²) in [5.41, 5.74) is 1.41. The number of halogens is 1. The predicted molar refractivity (Wildman–Crippen MR) is 77.4 cm³/mol. The van der Waals surface area contributed by atoms with Gasteiger partial charge >= 0.3 is 0 Å². The highest BCUT2D eigenvalue weighted by molar-refractivity contribution is 7.90. The molecule has 110 valence electrons. The van der Waals surface area contributed by atoms with Crippen LogP contribution in [0.4, 0.5) is 0 Å². The molecule has 0 amide bonds. The molecule has 1 aliphatic rings. The number of nitrogens with zero attached hydrogens (tertiary/aromatic N) is 2. The number of nitrogens with one attached hydrogen (secondary N) is 1. The predicted octanol–water partition coefficient (Wildman–Crippen LogP) is 2.77. The smallest absolute Gasteiger partial charge is 0.225 e. The molecule has 0 saturated carbocycles. The maximum Gasteiger partial charge on any atom is 0.225 e. The van der Waals surface area contributed by atoms with Crippen molar-refractivity contribution in [3.8, 4) is 0 Å². The normalized spacial score (nSPS) is 18.9. The average Bonchev–Trinajstić information content (AvgIpc) is 2.48. The molecule has 8 heteroatoms. The molecule has 0 fully saturated rings. The van der Waals surface area contributed by atoms with Crippen LogP contribution in [0.25, 0.3) is 5.70 Å². The summed E-state index contributed by atoms with van der Waals surface area (Å²) in [5.74, 6) is 0.758. The van der Waals surface area contributed by atoms with Gasteiger partial charge < -0.3 is 14.2 Å². The van der Waals surface area contributed by atoms with E-state index >= 15 is 0 Å². The van der Waals surface area contributed by atoms with E-state index in [-0.39, 0.29) is 6.23 Å². The summed E-state index contributed by atoms with van der Waals surface area (Å²) >= 11 is 6.71. The zero-order valence-electron chi connectivity index (χ0n) is 11.3. The van der Waals surface area contributed by atoms with E-state index in [9.17, 15) is 0 Å². The van der Waals surface area contributed by atoms with E-state index in [4.69, 9.17) is 24.7 Å². The van der Waals surface area contributed by atoms with Gasteiger partial charge in [-0.25, -0.2) is 9.97 Å². The van der Waals surface area contributed by atoms with Crippen molar-refractivity contribution in [2.75, 3.05) is 13.7 Å². The van der Waals surface area contributed by atoms with Gasteiger partial charge in [0, 0.05) is 13.5 Å². The Morgan fingerprint density at radius 3 is 2.95 bits per heavy atom. The summed E-state index contributed by atoms with van der Waals surface area (Å²) in [6, 6.07) is 0. The van der Waals surface area contributed by atoms with Crippen molar-refractivity contribution in [1.29, 1.82) is 0 Å². The van der Waals surface area contributed by atoms with E-state index < -0.39 is 0 Å². The lowest BCUT2D eigenvalue weighted by molar-refractivity contribution is 0.0732. The molecule has 0 aliphatic carbocycles. The van der Waals surface area contributed by atoms with Gasteiger partial charge in [-0.2, -0.15) is 0 Å². The Labute approximate surface area is 127 Å². The maximum atomic E-state index is 5.76. The Morgan fingerprint density at radius 1 is 1.45 bits per heavy atom. The maximum absolute atomic E-state index is 5.76. The van der Waals surface area contributed by atoms with E-state index in [0.717, 1.165) is 36.6 Å². The van der Waals surface area contributed by atoms with Gasteiger partial charge in [0.25, 0.3) is 0 Å². The van der Waals surface area contributed by atoms with Crippen LogP contribution in [-0.4, -0.2) is 29.9 Å². The summed E-state index contributed by atoms with van der Waals surface area (Å²) < 4.78 is 16.0. The fourth-order valence-corrected chi connectivity index (χ4v) is 2.22. The molecule has 1 aliphatic heterocycles. The summed E-state index contributed by atoms with van der Waals surface area (Å²) in [6.45, 7) is 2.47. The first-order valence-corrected chi connectivity index (χ1v) is 7.25. The van der Waals surface area contributed by atoms with Crippen LogP contribution in [0.15, 0.2) is 18.2 Å². The highest BCUT2D eigenvalue weighted by Gasteiger charge is 2.24. The van der Waals surface area contributed by atoms with Crippen molar-refractivity contribution >= 4 is 29.6 Å². The number of hydrogen-bond acceptors (Lipinski definition) is 7. The third-order valence-electron chi connectivity index (χ3n) is 2.68. The van der Waals surface area contributed by atoms with Gasteiger partial charge in [0.2, 0.25) is 12.3 Å². The van der Waals surface area contributed by atoms with Crippen molar-refractivity contribution in [1.82, 2.24) is 15.3 Å². The summed E-state index contributed by atoms with van der Waals surface area (Å²) in [7, 11) is 1.66. The van der Waals surface area contributed by atoms with Gasteiger partial charge in [0.15, 0.2) is 0 Å². The number of rotatable bonds is 6. The lowest BCUT2D eigenvalue weighted by Gasteiger charge is -2.27. The largest absolute Gasteiger partial charge is 0.403 e. The standard InChI is InChI=1S/C12H16ClN3O3S/c1-3-18-20-19-9-4-5-11(17-2)16-12(9)8-6-15-10(13)7-14-8/h6-7,11,16H,3-5H2,1-2H3. The van der Waals surface area contributed by atoms with Crippen LogP contribution in [-0.2, 0) is 13.1 Å². The molecule has 1 aromatic rings. The molecule has 0 bridgehead atoms. The Kier molecular flexibility index (Phi) is 5.90. The molecule has 2 rings (SSSR count). The van der Waals surface area contributed by atoms with E-state index in [0.29, 0.717) is 17.5 Å². The molecule has 1 atom stereocenters. The van der Waals surface area contributed by atoms with Gasteiger partial charge in [-0.3, -0.25) is 4.18 Å². The molecular formula is C12H16ClN3O3S. The van der Waals surface area contributed by atoms with Gasteiger partial charge in [0.05, 0.1) is 19.0 Å². The summed E-state index contributed by atoms with van der Waals surface area (Å²) in [6.07, 6.45) is 4.55. The molecule has 1 unspecified atom stereocenters. The minimum absolute atomic E-state index is 0.0769. The zero-order valence-corrected chi connectivity index (χ0v) is 12.8. The van der Waals surface area contributed by atoms with Gasteiger partial charge in [-0.15, -0.1) is 0 Å². The Bertz CT molecular complexity index is 470. The second-order valence-corrected chi connectivity index (χ2v) is 4.91. The van der Waals surface area contributed by atoms with Crippen LogP contribution >= 0.6 is 23.9 Å². The fraction of sp³-hybridized carbons (Fsp3) is 0.500. The highest BCUT2D eigenvalue weighted by atomic mass is 35.5. The van der Waals surface area contributed by atoms with Crippen LogP contribution in [0.3, 0.4) is 0 Å². The first-order valence-electron chi connectivity index (χ1n) is 6.21. The second kappa shape index (κ2) is 7.68. The van der Waals surface area contributed by atoms with Gasteiger partial charge in [-0.05, 0) is 13.3 Å². The van der Waals surface area contributed by atoms with Crippen molar-refractivity contribution in [3.63, 3.8) is 0 Å². The van der Waals surface area contributed by atoms with Crippen LogP contribution in [0.5, 0.6) is 0 Å². The number of aromatic nitrogens is 2. The highest BCUT2D eigenvalue weighted by Crippen LogP contribution is 2.29. The minimum Gasteiger partial charge on any atom is -0.403 e. The van der Waals surface area contributed by atoms with E-state index in [1.165, 1.54) is 6.20 Å². The molecule has 2 heterocycles. The van der Waals surface area contributed by atoms with Crippen LogP contribution in [0.1, 0.15) is 25.5 Å². The van der Waals surface area contributed by atoms with E-state index in [1.54, 1.807) is 13.3 Å². The molecule has 20 heavy (non-hydrogen) atoms. The first-order chi connectivity index (χ1) is 9.74. The number of methoxy groups -OCH3 is 1. The molecule has 6 nitrogen and oxygen atoms in total. The number of allylic oxidation sites excluding steroid dienone is 1.